The van der Waals surface area contributed by atoms with Crippen LogP contribution in [-0.4, -0.2) is 84.9 Å². The summed E-state index contributed by atoms with van der Waals surface area (Å²) in [6, 6.07) is 5.78. The summed E-state index contributed by atoms with van der Waals surface area (Å²) in [4.78, 5) is 42.8. The Morgan fingerprint density at radius 2 is 1.94 bits per heavy atom. The summed E-state index contributed by atoms with van der Waals surface area (Å²) in [5, 5.41) is 10.2. The van der Waals surface area contributed by atoms with Gasteiger partial charge in [0.05, 0.1) is 36.2 Å². The molecule has 2 heterocycles. The third kappa shape index (κ3) is 4.26. The van der Waals surface area contributed by atoms with Crippen molar-refractivity contribution in [2.75, 3.05) is 25.7 Å². The quantitative estimate of drug-likeness (QED) is 0.596. The average molecular weight is 479 g/mol. The van der Waals surface area contributed by atoms with Crippen LogP contribution in [0, 0.1) is 0 Å². The molecule has 1 N–H and O–H groups in total. The van der Waals surface area contributed by atoms with Crippen LogP contribution in [0.3, 0.4) is 0 Å². The monoisotopic (exact) mass is 478 g/mol. The number of hydrogen-bond acceptors (Lipinski definition) is 7. The highest BCUT2D eigenvalue weighted by molar-refractivity contribution is 7.91. The molecule has 0 spiro atoms. The summed E-state index contributed by atoms with van der Waals surface area (Å²) in [7, 11) is -0.520. The molecular formula is C23H30N2O7S. The summed E-state index contributed by atoms with van der Waals surface area (Å²) in [6.07, 6.45) is 1.78. The first kappa shape index (κ1) is 23.7. The highest BCUT2D eigenvalue weighted by Crippen LogP contribution is 2.44. The van der Waals surface area contributed by atoms with Crippen LogP contribution in [0.2, 0.25) is 0 Å². The SMILES string of the molecule is COc1cccc(C2(CC(=O)N(C)[C@@H]3CS(=O)(=O)C[C@H]3O)CC(=O)N(C3CCCC3)C2=O)c1. The van der Waals surface area contributed by atoms with Crippen molar-refractivity contribution in [1.29, 1.82) is 0 Å². The van der Waals surface area contributed by atoms with E-state index in [1.165, 1.54) is 24.0 Å². The molecule has 1 unspecified atom stereocenters. The fourth-order valence-corrected chi connectivity index (χ4v) is 7.27. The zero-order valence-corrected chi connectivity index (χ0v) is 19.7. The summed E-state index contributed by atoms with van der Waals surface area (Å²) >= 11 is 0. The van der Waals surface area contributed by atoms with Gasteiger partial charge in [0, 0.05) is 25.9 Å². The largest absolute Gasteiger partial charge is 0.497 e. The van der Waals surface area contributed by atoms with Crippen LogP contribution < -0.4 is 4.74 Å². The number of likely N-dealkylation sites (tertiary alicyclic amines) is 1. The van der Waals surface area contributed by atoms with Gasteiger partial charge in [0.2, 0.25) is 17.7 Å². The number of hydrogen-bond donors (Lipinski definition) is 1. The number of sulfone groups is 1. The molecule has 1 aliphatic carbocycles. The van der Waals surface area contributed by atoms with Crippen molar-refractivity contribution in [2.24, 2.45) is 0 Å². The first-order chi connectivity index (χ1) is 15.6. The van der Waals surface area contributed by atoms with Gasteiger partial charge in [0.15, 0.2) is 9.84 Å². The van der Waals surface area contributed by atoms with Crippen LogP contribution in [-0.2, 0) is 29.6 Å². The van der Waals surface area contributed by atoms with Crippen molar-refractivity contribution in [3.05, 3.63) is 29.8 Å². The number of nitrogens with zero attached hydrogens (tertiary/aromatic N) is 2. The molecular weight excluding hydrogens is 448 g/mol. The Bertz CT molecular complexity index is 1070. The Kier molecular flexibility index (Phi) is 6.26. The number of carbonyl (C=O) groups is 3. The van der Waals surface area contributed by atoms with Gasteiger partial charge < -0.3 is 14.7 Å². The van der Waals surface area contributed by atoms with E-state index >= 15 is 0 Å². The molecule has 0 bridgehead atoms. The summed E-state index contributed by atoms with van der Waals surface area (Å²) < 4.78 is 29.2. The molecule has 0 radical (unpaired) electrons. The standard InChI is InChI=1S/C23H30N2O7S/c1-24(18-13-33(30,31)14-19(18)26)20(27)11-23(15-6-5-9-17(10-15)32-2)12-21(28)25(22(23)29)16-7-3-4-8-16/h5-6,9-10,16,18-19,26H,3-4,7-8,11-14H2,1-2H3/t18-,19-,23?/m1/s1. The Balaban J connectivity index is 1.69. The zero-order valence-electron chi connectivity index (χ0n) is 18.9. The van der Waals surface area contributed by atoms with Crippen molar-refractivity contribution in [1.82, 2.24) is 9.80 Å². The summed E-state index contributed by atoms with van der Waals surface area (Å²) in [6.45, 7) is 0. The Hall–Kier alpha value is -2.46. The number of carbonyl (C=O) groups excluding carboxylic acids is 3. The van der Waals surface area contributed by atoms with Gasteiger partial charge >= 0.3 is 0 Å². The maximum Gasteiger partial charge on any atom is 0.241 e. The zero-order chi connectivity index (χ0) is 24.0. The molecule has 4 rings (SSSR count). The van der Waals surface area contributed by atoms with Gasteiger partial charge in [-0.3, -0.25) is 19.3 Å². The second-order valence-corrected chi connectivity index (χ2v) is 11.5. The summed E-state index contributed by atoms with van der Waals surface area (Å²) in [5.41, 5.74) is -0.885. The third-order valence-corrected chi connectivity index (χ3v) is 9.00. The number of amides is 3. The van der Waals surface area contributed by atoms with Crippen molar-refractivity contribution < 1.29 is 32.6 Å². The molecule has 3 atom stereocenters. The second-order valence-electron chi connectivity index (χ2n) is 9.39. The number of ether oxygens (including phenoxy) is 1. The molecule has 3 aliphatic rings. The van der Waals surface area contributed by atoms with E-state index in [2.05, 4.69) is 0 Å². The first-order valence-corrected chi connectivity index (χ1v) is 13.1. The highest BCUT2D eigenvalue weighted by Gasteiger charge is 2.56. The molecule has 33 heavy (non-hydrogen) atoms. The molecule has 3 fully saturated rings. The maximum atomic E-state index is 13.8. The maximum absolute atomic E-state index is 13.8. The van der Waals surface area contributed by atoms with E-state index in [-0.39, 0.29) is 30.5 Å². The molecule has 2 aliphatic heterocycles. The minimum absolute atomic E-state index is 0.138. The van der Waals surface area contributed by atoms with Gasteiger partial charge in [-0.15, -0.1) is 0 Å². The fraction of sp³-hybridized carbons (Fsp3) is 0.609. The molecule has 0 aromatic heterocycles. The minimum Gasteiger partial charge on any atom is -0.497 e. The molecule has 2 saturated heterocycles. The van der Waals surface area contributed by atoms with Crippen LogP contribution in [0.25, 0.3) is 0 Å². The minimum atomic E-state index is -3.46. The normalized spacial score (nSPS) is 29.6. The van der Waals surface area contributed by atoms with E-state index in [0.29, 0.717) is 11.3 Å². The lowest BCUT2D eigenvalue weighted by atomic mass is 9.75. The topological polar surface area (TPSA) is 121 Å². The van der Waals surface area contributed by atoms with Gasteiger partial charge in [-0.2, -0.15) is 0 Å². The van der Waals surface area contributed by atoms with Crippen LogP contribution in [0.5, 0.6) is 5.75 Å². The Labute approximate surface area is 193 Å². The van der Waals surface area contributed by atoms with E-state index in [1.54, 1.807) is 24.3 Å². The molecule has 1 aromatic rings. The molecule has 9 nitrogen and oxygen atoms in total. The summed E-state index contributed by atoms with van der Waals surface area (Å²) in [5.74, 6) is -1.41. The fourth-order valence-electron chi connectivity index (χ4n) is 5.43. The predicted molar refractivity (Wildman–Crippen MR) is 119 cm³/mol. The molecule has 180 valence electrons. The number of methoxy groups -OCH3 is 1. The lowest BCUT2D eigenvalue weighted by Crippen LogP contribution is -2.49. The van der Waals surface area contributed by atoms with E-state index < -0.39 is 45.0 Å². The van der Waals surface area contributed by atoms with Crippen LogP contribution >= 0.6 is 0 Å². The van der Waals surface area contributed by atoms with E-state index in [0.717, 1.165) is 25.7 Å². The molecule has 1 aromatic carbocycles. The van der Waals surface area contributed by atoms with Crippen molar-refractivity contribution in [3.8, 4) is 5.75 Å². The number of likely N-dealkylation sites (N-methyl/N-ethyl adjacent to an activating group) is 1. The van der Waals surface area contributed by atoms with Gasteiger partial charge in [-0.25, -0.2) is 8.42 Å². The Morgan fingerprint density at radius 1 is 1.24 bits per heavy atom. The van der Waals surface area contributed by atoms with E-state index in [9.17, 15) is 27.9 Å². The first-order valence-electron chi connectivity index (χ1n) is 11.2. The lowest BCUT2D eigenvalue weighted by molar-refractivity contribution is -0.145. The number of rotatable bonds is 6. The lowest BCUT2D eigenvalue weighted by Gasteiger charge is -2.33. The number of benzene rings is 1. The average Bonchev–Trinajstić information content (AvgIpc) is 3.45. The van der Waals surface area contributed by atoms with Crippen LogP contribution in [0.15, 0.2) is 24.3 Å². The van der Waals surface area contributed by atoms with Crippen molar-refractivity contribution in [3.63, 3.8) is 0 Å². The highest BCUT2D eigenvalue weighted by atomic mass is 32.2. The smallest absolute Gasteiger partial charge is 0.241 e. The van der Waals surface area contributed by atoms with E-state index in [1.807, 2.05) is 0 Å². The second kappa shape index (κ2) is 8.72. The number of imide groups is 1. The number of aliphatic hydroxyl groups is 1. The predicted octanol–water partition coefficient (Wildman–Crippen LogP) is 0.641. The van der Waals surface area contributed by atoms with Gasteiger partial charge in [0.25, 0.3) is 0 Å². The van der Waals surface area contributed by atoms with Crippen LogP contribution in [0.4, 0.5) is 0 Å². The molecule has 10 heteroatoms. The van der Waals surface area contributed by atoms with Gasteiger partial charge in [-0.05, 0) is 30.5 Å². The van der Waals surface area contributed by atoms with Gasteiger partial charge in [0.1, 0.15) is 5.75 Å². The Morgan fingerprint density at radius 3 is 2.55 bits per heavy atom. The molecule has 1 saturated carbocycles. The third-order valence-electron chi connectivity index (χ3n) is 7.30. The molecule has 3 amide bonds. The van der Waals surface area contributed by atoms with Crippen LogP contribution in [0.1, 0.15) is 44.1 Å². The number of aliphatic hydroxyl groups excluding tert-OH is 1. The van der Waals surface area contributed by atoms with E-state index in [4.69, 9.17) is 4.74 Å². The van der Waals surface area contributed by atoms with Crippen molar-refractivity contribution >= 4 is 27.6 Å². The van der Waals surface area contributed by atoms with Gasteiger partial charge in [-0.1, -0.05) is 25.0 Å². The van der Waals surface area contributed by atoms with Crippen molar-refractivity contribution in [2.45, 2.75) is 62.1 Å².